The predicted molar refractivity (Wildman–Crippen MR) is 122 cm³/mol. The molecule has 0 aliphatic carbocycles. The van der Waals surface area contributed by atoms with Crippen LogP contribution in [0.25, 0.3) is 11.4 Å². The number of benzene rings is 1. The van der Waals surface area contributed by atoms with Gasteiger partial charge in [-0.15, -0.1) is 10.2 Å². The Morgan fingerprint density at radius 1 is 1.12 bits per heavy atom. The van der Waals surface area contributed by atoms with Crippen molar-refractivity contribution in [3.63, 3.8) is 0 Å². The van der Waals surface area contributed by atoms with E-state index in [1.807, 2.05) is 13.1 Å². The highest BCUT2D eigenvalue weighted by Gasteiger charge is 2.28. The number of urea groups is 1. The molecule has 0 bridgehead atoms. The summed E-state index contributed by atoms with van der Waals surface area (Å²) in [5, 5.41) is 15.9. The lowest BCUT2D eigenvalue weighted by molar-refractivity contribution is 0.192. The fraction of sp³-hybridized carbons (Fsp3) is 0.391. The van der Waals surface area contributed by atoms with Gasteiger partial charge in [-0.25, -0.2) is 9.18 Å². The van der Waals surface area contributed by atoms with Crippen LogP contribution in [0.4, 0.5) is 20.7 Å². The average molecular weight is 438 g/mol. The van der Waals surface area contributed by atoms with Gasteiger partial charge in [-0.3, -0.25) is 4.68 Å². The zero-order valence-electron chi connectivity index (χ0n) is 18.8. The number of aryl methyl sites for hydroxylation is 1. The molecular formula is C23H28FN7O. The number of hydrogen-bond donors (Lipinski definition) is 1. The van der Waals surface area contributed by atoms with Gasteiger partial charge in [0.1, 0.15) is 11.5 Å². The summed E-state index contributed by atoms with van der Waals surface area (Å²) in [5.41, 5.74) is 4.15. The number of para-hydroxylation sites is 1. The highest BCUT2D eigenvalue weighted by molar-refractivity contribution is 5.89. The molecule has 1 saturated heterocycles. The zero-order valence-corrected chi connectivity index (χ0v) is 18.8. The number of amides is 2. The summed E-state index contributed by atoms with van der Waals surface area (Å²) in [7, 11) is 3.65. The average Bonchev–Trinajstić information content (AvgIpc) is 3.22. The standard InChI is InChI=1S/C23H28FN7O/c1-15-16(2)22(28-27-21(15)20-9-12-25-30(20)4)31-13-10-17(11-14-31)29(3)23(32)26-19-8-6-5-7-18(19)24/h5-9,12,17H,10-11,13-14H2,1-4H3,(H,26,32). The topological polar surface area (TPSA) is 79.2 Å². The first-order chi connectivity index (χ1) is 15.4. The second-order valence-corrected chi connectivity index (χ2v) is 8.20. The molecule has 1 fully saturated rings. The van der Waals surface area contributed by atoms with Gasteiger partial charge in [0.05, 0.1) is 11.4 Å². The molecule has 168 valence electrons. The number of rotatable bonds is 4. The lowest BCUT2D eigenvalue weighted by Gasteiger charge is -2.37. The lowest BCUT2D eigenvalue weighted by Crippen LogP contribution is -2.47. The second kappa shape index (κ2) is 8.94. The highest BCUT2D eigenvalue weighted by Crippen LogP contribution is 2.29. The summed E-state index contributed by atoms with van der Waals surface area (Å²) in [4.78, 5) is 16.5. The predicted octanol–water partition coefficient (Wildman–Crippen LogP) is 3.77. The van der Waals surface area contributed by atoms with Gasteiger partial charge in [-0.2, -0.15) is 5.10 Å². The van der Waals surface area contributed by atoms with E-state index in [1.165, 1.54) is 6.07 Å². The van der Waals surface area contributed by atoms with Gasteiger partial charge >= 0.3 is 6.03 Å². The van der Waals surface area contributed by atoms with E-state index in [1.54, 1.807) is 41.0 Å². The van der Waals surface area contributed by atoms with Crippen molar-refractivity contribution in [2.24, 2.45) is 7.05 Å². The minimum Gasteiger partial charge on any atom is -0.355 e. The van der Waals surface area contributed by atoms with Gasteiger partial charge in [0.2, 0.25) is 0 Å². The zero-order chi connectivity index (χ0) is 22.8. The number of anilines is 2. The molecule has 2 amide bonds. The van der Waals surface area contributed by atoms with Gasteiger partial charge < -0.3 is 15.1 Å². The molecule has 8 nitrogen and oxygen atoms in total. The first kappa shape index (κ1) is 21.7. The van der Waals surface area contributed by atoms with Crippen LogP contribution in [0.2, 0.25) is 0 Å². The molecule has 1 aliphatic heterocycles. The van der Waals surface area contributed by atoms with Crippen LogP contribution in [-0.2, 0) is 7.05 Å². The van der Waals surface area contributed by atoms with Crippen molar-refractivity contribution in [3.8, 4) is 11.4 Å². The number of hydrogen-bond acceptors (Lipinski definition) is 5. The van der Waals surface area contributed by atoms with E-state index in [-0.39, 0.29) is 17.8 Å². The Morgan fingerprint density at radius 2 is 1.84 bits per heavy atom. The van der Waals surface area contributed by atoms with Crippen LogP contribution in [0.5, 0.6) is 0 Å². The molecule has 1 aromatic carbocycles. The van der Waals surface area contributed by atoms with Gasteiger partial charge in [0.25, 0.3) is 0 Å². The molecule has 3 heterocycles. The first-order valence-corrected chi connectivity index (χ1v) is 10.7. The number of nitrogens with one attached hydrogen (secondary N) is 1. The molecule has 0 unspecified atom stereocenters. The summed E-state index contributed by atoms with van der Waals surface area (Å²) in [6.45, 7) is 5.66. The molecule has 0 spiro atoms. The third-order valence-corrected chi connectivity index (χ3v) is 6.31. The Balaban J connectivity index is 1.41. The van der Waals surface area contributed by atoms with Crippen molar-refractivity contribution in [1.29, 1.82) is 0 Å². The van der Waals surface area contributed by atoms with Crippen molar-refractivity contribution in [3.05, 3.63) is 53.5 Å². The van der Waals surface area contributed by atoms with E-state index >= 15 is 0 Å². The molecule has 1 N–H and O–H groups in total. The van der Waals surface area contributed by atoms with Crippen LogP contribution >= 0.6 is 0 Å². The summed E-state index contributed by atoms with van der Waals surface area (Å²) in [6, 6.07) is 7.88. The Labute approximate surface area is 187 Å². The maximum atomic E-state index is 13.8. The Bertz CT molecular complexity index is 1120. The maximum absolute atomic E-state index is 13.8. The number of halogens is 1. The van der Waals surface area contributed by atoms with E-state index < -0.39 is 5.82 Å². The number of carbonyl (C=O) groups is 1. The molecule has 0 saturated carbocycles. The monoisotopic (exact) mass is 437 g/mol. The number of carbonyl (C=O) groups excluding carboxylic acids is 1. The van der Waals surface area contributed by atoms with E-state index in [0.717, 1.165) is 54.3 Å². The van der Waals surface area contributed by atoms with E-state index in [0.29, 0.717) is 0 Å². The van der Waals surface area contributed by atoms with Crippen LogP contribution in [0.15, 0.2) is 36.5 Å². The number of nitrogens with zero attached hydrogens (tertiary/aromatic N) is 6. The second-order valence-electron chi connectivity index (χ2n) is 8.20. The highest BCUT2D eigenvalue weighted by atomic mass is 19.1. The van der Waals surface area contributed by atoms with Crippen LogP contribution in [0.3, 0.4) is 0 Å². The summed E-state index contributed by atoms with van der Waals surface area (Å²) in [5.74, 6) is 0.438. The normalized spacial score (nSPS) is 14.5. The Kier molecular flexibility index (Phi) is 6.07. The minimum absolute atomic E-state index is 0.0705. The molecule has 2 aromatic heterocycles. The van der Waals surface area contributed by atoms with E-state index in [4.69, 9.17) is 0 Å². The van der Waals surface area contributed by atoms with Gasteiger partial charge in [-0.05, 0) is 56.0 Å². The van der Waals surface area contributed by atoms with Crippen LogP contribution in [-0.4, -0.2) is 57.1 Å². The maximum Gasteiger partial charge on any atom is 0.321 e. The van der Waals surface area contributed by atoms with Crippen molar-refractivity contribution >= 4 is 17.5 Å². The molecule has 0 radical (unpaired) electrons. The van der Waals surface area contributed by atoms with Crippen molar-refractivity contribution in [2.75, 3.05) is 30.4 Å². The van der Waals surface area contributed by atoms with Gasteiger partial charge in [0, 0.05) is 39.4 Å². The van der Waals surface area contributed by atoms with Gasteiger partial charge in [0.15, 0.2) is 5.82 Å². The molecule has 32 heavy (non-hydrogen) atoms. The summed E-state index contributed by atoms with van der Waals surface area (Å²) < 4.78 is 15.6. The van der Waals surface area contributed by atoms with Crippen molar-refractivity contribution < 1.29 is 9.18 Å². The van der Waals surface area contributed by atoms with E-state index in [9.17, 15) is 9.18 Å². The Morgan fingerprint density at radius 3 is 2.50 bits per heavy atom. The molecule has 3 aromatic rings. The molecule has 1 aliphatic rings. The Hall–Kier alpha value is -3.49. The molecule has 9 heteroatoms. The van der Waals surface area contributed by atoms with Crippen LogP contribution in [0, 0.1) is 19.7 Å². The van der Waals surface area contributed by atoms with Gasteiger partial charge in [-0.1, -0.05) is 12.1 Å². The van der Waals surface area contributed by atoms with Crippen molar-refractivity contribution in [2.45, 2.75) is 32.7 Å². The SMILES string of the molecule is Cc1c(-c2ccnn2C)nnc(N2CCC(N(C)C(=O)Nc3ccccc3F)CC2)c1C. The quantitative estimate of drug-likeness (QED) is 0.672. The molecular weight excluding hydrogens is 409 g/mol. The molecule has 0 atom stereocenters. The summed E-state index contributed by atoms with van der Waals surface area (Å²) in [6.07, 6.45) is 3.35. The third kappa shape index (κ3) is 4.15. The first-order valence-electron chi connectivity index (χ1n) is 10.7. The minimum atomic E-state index is -0.442. The van der Waals surface area contributed by atoms with Crippen LogP contribution < -0.4 is 10.2 Å². The fourth-order valence-electron chi connectivity index (χ4n) is 4.14. The largest absolute Gasteiger partial charge is 0.355 e. The number of aromatic nitrogens is 4. The fourth-order valence-corrected chi connectivity index (χ4v) is 4.14. The third-order valence-electron chi connectivity index (χ3n) is 6.31. The van der Waals surface area contributed by atoms with E-state index in [2.05, 4.69) is 39.4 Å². The molecule has 4 rings (SSSR count). The van der Waals surface area contributed by atoms with Crippen LogP contribution in [0.1, 0.15) is 24.0 Å². The number of piperidine rings is 1. The smallest absolute Gasteiger partial charge is 0.321 e. The lowest BCUT2D eigenvalue weighted by atomic mass is 10.0. The van der Waals surface area contributed by atoms with Crippen molar-refractivity contribution in [1.82, 2.24) is 24.9 Å². The summed E-state index contributed by atoms with van der Waals surface area (Å²) >= 11 is 0.